The van der Waals surface area contributed by atoms with E-state index in [2.05, 4.69) is 6.58 Å². The first-order valence-corrected chi connectivity index (χ1v) is 2.74. The molecule has 0 spiro atoms. The second-order valence-electron chi connectivity index (χ2n) is 1.79. The van der Waals surface area contributed by atoms with Crippen molar-refractivity contribution in [3.63, 3.8) is 0 Å². The highest BCUT2D eigenvalue weighted by molar-refractivity contribution is 6.05. The fourth-order valence-electron chi connectivity index (χ4n) is 0.350. The van der Waals surface area contributed by atoms with E-state index in [-0.39, 0.29) is 0 Å². The molecule has 0 bridgehead atoms. The fraction of sp³-hybridized carbons (Fsp3) is 0.143. The molecule has 5 heteroatoms. The number of ketones is 1. The number of halogens is 3. The summed E-state index contributed by atoms with van der Waals surface area (Å²) >= 11 is 0. The molecule has 65 valence electrons. The maximum atomic E-state index is 11.7. The molecule has 0 aromatic rings. The molecular formula is C7H4F3O2. The van der Waals surface area contributed by atoms with Gasteiger partial charge in [-0.15, -0.1) is 0 Å². The molecule has 0 aromatic carbocycles. The van der Waals surface area contributed by atoms with Crippen molar-refractivity contribution < 1.29 is 22.8 Å². The van der Waals surface area contributed by atoms with Gasteiger partial charge in [0.25, 0.3) is 0 Å². The molecule has 0 saturated heterocycles. The molecule has 0 saturated carbocycles. The van der Waals surface area contributed by atoms with Gasteiger partial charge in [0.1, 0.15) is 0 Å². The molecule has 0 amide bonds. The van der Waals surface area contributed by atoms with Crippen LogP contribution in [0.3, 0.4) is 0 Å². The van der Waals surface area contributed by atoms with Crippen LogP contribution in [0.5, 0.6) is 0 Å². The molecule has 2 nitrogen and oxygen atoms in total. The second-order valence-corrected chi connectivity index (χ2v) is 1.79. The van der Waals surface area contributed by atoms with E-state index in [0.29, 0.717) is 12.2 Å². The van der Waals surface area contributed by atoms with Gasteiger partial charge < -0.3 is 0 Å². The van der Waals surface area contributed by atoms with Gasteiger partial charge in [-0.25, -0.2) is 0 Å². The van der Waals surface area contributed by atoms with Crippen LogP contribution in [-0.2, 0) is 9.59 Å². The third kappa shape index (κ3) is 3.14. The van der Waals surface area contributed by atoms with Crippen molar-refractivity contribution in [2.75, 3.05) is 0 Å². The van der Waals surface area contributed by atoms with Gasteiger partial charge in [0.2, 0.25) is 6.29 Å². The zero-order chi connectivity index (χ0) is 9.78. The first-order valence-electron chi connectivity index (χ1n) is 2.74. The lowest BCUT2D eigenvalue weighted by Gasteiger charge is -2.04. The topological polar surface area (TPSA) is 34.1 Å². The van der Waals surface area contributed by atoms with Crippen molar-refractivity contribution in [2.45, 2.75) is 6.18 Å². The Hall–Kier alpha value is -1.39. The average molecular weight is 177 g/mol. The molecule has 0 N–H and O–H groups in total. The molecule has 0 heterocycles. The summed E-state index contributed by atoms with van der Waals surface area (Å²) < 4.78 is 35.0. The summed E-state index contributed by atoms with van der Waals surface area (Å²) in [4.78, 5) is 20.0. The number of alkyl halides is 3. The van der Waals surface area contributed by atoms with E-state index in [0.717, 1.165) is 6.29 Å². The first kappa shape index (κ1) is 10.6. The second kappa shape index (κ2) is 3.85. The van der Waals surface area contributed by atoms with Gasteiger partial charge >= 0.3 is 6.18 Å². The van der Waals surface area contributed by atoms with Crippen molar-refractivity contribution in [3.05, 3.63) is 24.3 Å². The average Bonchev–Trinajstić information content (AvgIpc) is 1.97. The van der Waals surface area contributed by atoms with E-state index in [1.54, 1.807) is 0 Å². The Kier molecular flexibility index (Phi) is 3.40. The first-order chi connectivity index (χ1) is 5.39. The highest BCUT2D eigenvalue weighted by atomic mass is 19.4. The zero-order valence-corrected chi connectivity index (χ0v) is 5.81. The number of allylic oxidation sites excluding steroid dienone is 3. The lowest BCUT2D eigenvalue weighted by molar-refractivity contribution is -0.124. The summed E-state index contributed by atoms with van der Waals surface area (Å²) in [7, 11) is 0. The van der Waals surface area contributed by atoms with Crippen LogP contribution in [0.25, 0.3) is 0 Å². The Morgan fingerprint density at radius 3 is 2.25 bits per heavy atom. The predicted octanol–water partition coefficient (Wildman–Crippen LogP) is 1.34. The van der Waals surface area contributed by atoms with Crippen LogP contribution in [0.1, 0.15) is 0 Å². The monoisotopic (exact) mass is 177 g/mol. The fourth-order valence-corrected chi connectivity index (χ4v) is 0.350. The normalized spacial score (nSPS) is 11.6. The largest absolute Gasteiger partial charge is 0.419 e. The van der Waals surface area contributed by atoms with E-state index in [4.69, 9.17) is 0 Å². The molecule has 0 aliphatic rings. The number of hydrogen-bond acceptors (Lipinski definition) is 2. The molecule has 1 radical (unpaired) electrons. The van der Waals surface area contributed by atoms with E-state index in [1.807, 2.05) is 0 Å². The van der Waals surface area contributed by atoms with Crippen molar-refractivity contribution in [3.8, 4) is 0 Å². The summed E-state index contributed by atoms with van der Waals surface area (Å²) in [6.07, 6.45) is -2.58. The lowest BCUT2D eigenvalue weighted by Crippen LogP contribution is -2.17. The standard InChI is InChI=1S/C7H4F3O2/c1-5(7(8,9)10)6(12)3-2-4-11/h2-3H,1H2. The lowest BCUT2D eigenvalue weighted by atomic mass is 10.2. The number of hydrogen-bond donors (Lipinski definition) is 0. The van der Waals surface area contributed by atoms with Crippen LogP contribution in [0.15, 0.2) is 24.3 Å². The van der Waals surface area contributed by atoms with Gasteiger partial charge in [0.15, 0.2) is 5.78 Å². The van der Waals surface area contributed by atoms with Crippen LogP contribution in [-0.4, -0.2) is 18.2 Å². The summed E-state index contributed by atoms with van der Waals surface area (Å²) in [5.41, 5.74) is -1.51. The SMILES string of the molecule is C=C(C(=O)C=C[C]=O)C(F)(F)F. The Bertz CT molecular complexity index is 238. The van der Waals surface area contributed by atoms with Crippen LogP contribution >= 0.6 is 0 Å². The van der Waals surface area contributed by atoms with Gasteiger partial charge in [-0.3, -0.25) is 9.59 Å². The molecule has 0 aliphatic heterocycles. The predicted molar refractivity (Wildman–Crippen MR) is 35.0 cm³/mol. The quantitative estimate of drug-likeness (QED) is 0.609. The van der Waals surface area contributed by atoms with Crippen LogP contribution in [0.2, 0.25) is 0 Å². The maximum Gasteiger partial charge on any atom is 0.419 e. The third-order valence-corrected chi connectivity index (χ3v) is 0.942. The van der Waals surface area contributed by atoms with Gasteiger partial charge in [-0.05, 0) is 12.2 Å². The molecule has 0 aliphatic carbocycles. The van der Waals surface area contributed by atoms with Gasteiger partial charge in [-0.2, -0.15) is 13.2 Å². The van der Waals surface area contributed by atoms with E-state index in [1.165, 1.54) is 0 Å². The van der Waals surface area contributed by atoms with Gasteiger partial charge in [-0.1, -0.05) is 6.58 Å². The minimum atomic E-state index is -4.75. The van der Waals surface area contributed by atoms with E-state index >= 15 is 0 Å². The molecule has 0 unspecified atom stereocenters. The van der Waals surface area contributed by atoms with Crippen LogP contribution in [0.4, 0.5) is 13.2 Å². The molecule has 0 atom stereocenters. The van der Waals surface area contributed by atoms with Crippen molar-refractivity contribution >= 4 is 12.1 Å². The molecule has 0 fully saturated rings. The smallest absolute Gasteiger partial charge is 0.289 e. The van der Waals surface area contributed by atoms with Crippen molar-refractivity contribution in [1.29, 1.82) is 0 Å². The summed E-state index contributed by atoms with van der Waals surface area (Å²) in [6, 6.07) is 0. The van der Waals surface area contributed by atoms with Gasteiger partial charge in [0, 0.05) is 0 Å². The van der Waals surface area contributed by atoms with Crippen molar-refractivity contribution in [2.24, 2.45) is 0 Å². The molecule has 12 heavy (non-hydrogen) atoms. The van der Waals surface area contributed by atoms with E-state index in [9.17, 15) is 22.8 Å². The zero-order valence-electron chi connectivity index (χ0n) is 5.81. The summed E-state index contributed by atoms with van der Waals surface area (Å²) in [5, 5.41) is 0. The Morgan fingerprint density at radius 2 is 1.92 bits per heavy atom. The molecule has 0 aromatic heterocycles. The Labute approximate surface area is 66.4 Å². The summed E-state index contributed by atoms with van der Waals surface area (Å²) in [5.74, 6) is -1.34. The highest BCUT2D eigenvalue weighted by Gasteiger charge is 2.35. The number of carbonyl (C=O) groups is 1. The maximum absolute atomic E-state index is 11.7. The van der Waals surface area contributed by atoms with Gasteiger partial charge in [0.05, 0.1) is 5.57 Å². The summed E-state index contributed by atoms with van der Waals surface area (Å²) in [6.45, 7) is 2.52. The Balaban J connectivity index is 4.42. The number of rotatable bonds is 3. The van der Waals surface area contributed by atoms with Crippen LogP contribution in [0, 0.1) is 0 Å². The number of carbonyl (C=O) groups excluding carboxylic acids is 2. The highest BCUT2D eigenvalue weighted by Crippen LogP contribution is 2.24. The minimum absolute atomic E-state index is 0.461. The van der Waals surface area contributed by atoms with Crippen LogP contribution < -0.4 is 0 Å². The minimum Gasteiger partial charge on any atom is -0.289 e. The van der Waals surface area contributed by atoms with E-state index < -0.39 is 17.5 Å². The Morgan fingerprint density at radius 1 is 1.42 bits per heavy atom. The third-order valence-electron chi connectivity index (χ3n) is 0.942. The van der Waals surface area contributed by atoms with Crippen molar-refractivity contribution in [1.82, 2.24) is 0 Å². The molecule has 0 rings (SSSR count). The molecular weight excluding hydrogens is 173 g/mol.